The molecular weight excluding hydrogens is 388 g/mol. The average molecular weight is 411 g/mol. The number of rotatable bonds is 5. The molecule has 0 amide bonds. The van der Waals surface area contributed by atoms with E-state index in [1.54, 1.807) is 12.1 Å². The number of halogens is 1. The standard InChI is InChI=1S/C18H23BrO2SSi/c1-14-9-11-16(12-10-14)22(20,21)18(19)17-8-6-5-7-15(17)13-23(2,3)4/h5-12,18H,13H2,1-4H3. The Morgan fingerprint density at radius 3 is 2.13 bits per heavy atom. The molecule has 1 unspecified atom stereocenters. The van der Waals surface area contributed by atoms with Crippen LogP contribution in [0.1, 0.15) is 20.8 Å². The fraction of sp³-hybridized carbons (Fsp3) is 0.333. The van der Waals surface area contributed by atoms with E-state index in [4.69, 9.17) is 0 Å². The van der Waals surface area contributed by atoms with Gasteiger partial charge in [0.1, 0.15) is 4.16 Å². The van der Waals surface area contributed by atoms with Gasteiger partial charge < -0.3 is 0 Å². The van der Waals surface area contributed by atoms with Crippen molar-refractivity contribution in [3.8, 4) is 0 Å². The maximum atomic E-state index is 12.9. The van der Waals surface area contributed by atoms with Crippen molar-refractivity contribution in [1.29, 1.82) is 0 Å². The minimum absolute atomic E-state index is 0.354. The molecule has 2 aromatic carbocycles. The van der Waals surface area contributed by atoms with Gasteiger partial charge in [-0.15, -0.1) is 0 Å². The van der Waals surface area contributed by atoms with Crippen molar-refractivity contribution in [3.63, 3.8) is 0 Å². The van der Waals surface area contributed by atoms with Gasteiger partial charge in [0.25, 0.3) is 0 Å². The summed E-state index contributed by atoms with van der Waals surface area (Å²) in [5.41, 5.74) is 3.04. The van der Waals surface area contributed by atoms with Gasteiger partial charge in [-0.25, -0.2) is 8.42 Å². The largest absolute Gasteiger partial charge is 0.222 e. The SMILES string of the molecule is Cc1ccc(S(=O)(=O)C(Br)c2ccccc2C[Si](C)(C)C)cc1. The highest BCUT2D eigenvalue weighted by atomic mass is 79.9. The molecule has 5 heteroatoms. The summed E-state index contributed by atoms with van der Waals surface area (Å²) in [5, 5.41) is 0. The van der Waals surface area contributed by atoms with Gasteiger partial charge in [-0.3, -0.25) is 0 Å². The Kier molecular flexibility index (Phi) is 5.54. The van der Waals surface area contributed by atoms with Crippen LogP contribution >= 0.6 is 15.9 Å². The number of hydrogen-bond acceptors (Lipinski definition) is 2. The maximum Gasteiger partial charge on any atom is 0.195 e. The van der Waals surface area contributed by atoms with Crippen LogP contribution in [0.5, 0.6) is 0 Å². The molecule has 0 radical (unpaired) electrons. The molecule has 2 nitrogen and oxygen atoms in total. The van der Waals surface area contributed by atoms with E-state index in [2.05, 4.69) is 35.6 Å². The number of alkyl halides is 1. The van der Waals surface area contributed by atoms with E-state index in [1.165, 1.54) is 0 Å². The van der Waals surface area contributed by atoms with Gasteiger partial charge in [0.15, 0.2) is 9.84 Å². The molecular formula is C18H23BrO2SSi. The Balaban J connectivity index is 2.44. The zero-order valence-electron chi connectivity index (χ0n) is 14.0. The molecule has 124 valence electrons. The van der Waals surface area contributed by atoms with Gasteiger partial charge in [0, 0.05) is 8.07 Å². The summed E-state index contributed by atoms with van der Waals surface area (Å²) < 4.78 is 25.1. The first-order valence-corrected chi connectivity index (χ1v) is 13.8. The normalized spacial score (nSPS) is 13.8. The van der Waals surface area contributed by atoms with Crippen molar-refractivity contribution in [2.75, 3.05) is 0 Å². The van der Waals surface area contributed by atoms with E-state index in [1.807, 2.05) is 43.3 Å². The highest BCUT2D eigenvalue weighted by molar-refractivity contribution is 9.10. The molecule has 0 saturated heterocycles. The van der Waals surface area contributed by atoms with E-state index in [0.29, 0.717) is 4.90 Å². The first kappa shape index (κ1) is 18.4. The minimum atomic E-state index is -3.45. The molecule has 0 N–H and O–H groups in total. The van der Waals surface area contributed by atoms with Gasteiger partial charge >= 0.3 is 0 Å². The van der Waals surface area contributed by atoms with E-state index in [-0.39, 0.29) is 0 Å². The summed E-state index contributed by atoms with van der Waals surface area (Å²) in [4.78, 5) is 0.354. The second kappa shape index (κ2) is 6.91. The zero-order chi connectivity index (χ0) is 17.3. The van der Waals surface area contributed by atoms with Gasteiger partial charge in [-0.05, 0) is 36.2 Å². The summed E-state index contributed by atoms with van der Waals surface area (Å²) in [6, 6.07) is 15.8. The molecule has 0 aromatic heterocycles. The predicted octanol–water partition coefficient (Wildman–Crippen LogP) is 5.28. The van der Waals surface area contributed by atoms with Crippen LogP contribution in [-0.2, 0) is 15.9 Å². The predicted molar refractivity (Wildman–Crippen MR) is 104 cm³/mol. The molecule has 23 heavy (non-hydrogen) atoms. The lowest BCUT2D eigenvalue weighted by atomic mass is 10.1. The third kappa shape index (κ3) is 4.55. The van der Waals surface area contributed by atoms with Crippen LogP contribution in [0.15, 0.2) is 53.4 Å². The van der Waals surface area contributed by atoms with Crippen molar-refractivity contribution in [1.82, 2.24) is 0 Å². The number of sulfone groups is 1. The topological polar surface area (TPSA) is 34.1 Å². The first-order chi connectivity index (χ1) is 10.6. The molecule has 2 rings (SSSR count). The lowest BCUT2D eigenvalue weighted by Crippen LogP contribution is -2.25. The van der Waals surface area contributed by atoms with E-state index in [0.717, 1.165) is 22.7 Å². The maximum absolute atomic E-state index is 12.9. The van der Waals surface area contributed by atoms with Crippen LogP contribution in [-0.4, -0.2) is 16.5 Å². The van der Waals surface area contributed by atoms with Crippen molar-refractivity contribution >= 4 is 33.8 Å². The third-order valence-corrected chi connectivity index (χ3v) is 8.78. The van der Waals surface area contributed by atoms with Gasteiger partial charge in [0.2, 0.25) is 0 Å². The molecule has 0 aliphatic carbocycles. The van der Waals surface area contributed by atoms with Crippen LogP contribution in [0, 0.1) is 6.92 Å². The fourth-order valence-corrected chi connectivity index (χ4v) is 6.38. The summed E-state index contributed by atoms with van der Waals surface area (Å²) in [5.74, 6) is 0. The van der Waals surface area contributed by atoms with Crippen molar-refractivity contribution in [2.45, 2.75) is 41.7 Å². The zero-order valence-corrected chi connectivity index (χ0v) is 17.4. The molecule has 0 aliphatic rings. The van der Waals surface area contributed by atoms with E-state index < -0.39 is 22.1 Å². The molecule has 0 bridgehead atoms. The van der Waals surface area contributed by atoms with E-state index >= 15 is 0 Å². The Bertz CT molecular complexity index is 777. The van der Waals surface area contributed by atoms with Crippen molar-refractivity contribution < 1.29 is 8.42 Å². The van der Waals surface area contributed by atoms with Crippen LogP contribution in [0.25, 0.3) is 0 Å². The van der Waals surface area contributed by atoms with Crippen molar-refractivity contribution in [3.05, 3.63) is 65.2 Å². The lowest BCUT2D eigenvalue weighted by Gasteiger charge is -2.21. The molecule has 0 heterocycles. The summed E-state index contributed by atoms with van der Waals surface area (Å²) >= 11 is 3.45. The van der Waals surface area contributed by atoms with Crippen LogP contribution in [0.2, 0.25) is 19.6 Å². The number of hydrogen-bond donors (Lipinski definition) is 0. The molecule has 2 aromatic rings. The lowest BCUT2D eigenvalue weighted by molar-refractivity contribution is 0.594. The monoisotopic (exact) mass is 410 g/mol. The second-order valence-corrected chi connectivity index (χ2v) is 16.1. The Morgan fingerprint density at radius 1 is 1.00 bits per heavy atom. The summed E-state index contributed by atoms with van der Waals surface area (Å²) in [6.07, 6.45) is 0. The highest BCUT2D eigenvalue weighted by Crippen LogP contribution is 2.36. The molecule has 0 saturated carbocycles. The molecule has 1 atom stereocenters. The van der Waals surface area contributed by atoms with Gasteiger partial charge in [0.05, 0.1) is 4.90 Å². The fourth-order valence-electron chi connectivity index (χ4n) is 2.50. The Morgan fingerprint density at radius 2 is 1.57 bits per heavy atom. The number of benzene rings is 2. The minimum Gasteiger partial charge on any atom is -0.222 e. The third-order valence-electron chi connectivity index (χ3n) is 3.64. The van der Waals surface area contributed by atoms with Crippen LogP contribution in [0.3, 0.4) is 0 Å². The van der Waals surface area contributed by atoms with Crippen molar-refractivity contribution in [2.24, 2.45) is 0 Å². The molecule has 0 fully saturated rings. The number of aryl methyl sites for hydroxylation is 1. The van der Waals surface area contributed by atoms with Crippen LogP contribution < -0.4 is 0 Å². The Hall–Kier alpha value is -0.913. The highest BCUT2D eigenvalue weighted by Gasteiger charge is 2.29. The molecule has 0 spiro atoms. The summed E-state index contributed by atoms with van der Waals surface area (Å²) in [7, 11) is -4.79. The smallest absolute Gasteiger partial charge is 0.195 e. The second-order valence-electron chi connectivity index (χ2n) is 7.11. The summed E-state index contributed by atoms with van der Waals surface area (Å²) in [6.45, 7) is 8.83. The van der Waals surface area contributed by atoms with E-state index in [9.17, 15) is 8.42 Å². The average Bonchev–Trinajstić information content (AvgIpc) is 2.46. The van der Waals surface area contributed by atoms with Gasteiger partial charge in [-0.1, -0.05) is 77.5 Å². The van der Waals surface area contributed by atoms with Crippen LogP contribution in [0.4, 0.5) is 0 Å². The van der Waals surface area contributed by atoms with Gasteiger partial charge in [-0.2, -0.15) is 0 Å². The first-order valence-electron chi connectivity index (χ1n) is 7.64. The molecule has 0 aliphatic heterocycles. The Labute approximate surface area is 149 Å². The quantitative estimate of drug-likeness (QED) is 0.495.